The molecule has 0 bridgehead atoms. The molecule has 0 saturated heterocycles. The monoisotopic (exact) mass is 343 g/mol. The molecule has 8 heteroatoms. The first-order valence-electron chi connectivity index (χ1n) is 6.01. The third kappa shape index (κ3) is 4.03. The Morgan fingerprint density at radius 2 is 1.82 bits per heavy atom. The fourth-order valence-corrected chi connectivity index (χ4v) is 2.38. The minimum Gasteiger partial charge on any atom is -0.457 e. The van der Waals surface area contributed by atoms with Gasteiger partial charge in [-0.2, -0.15) is 0 Å². The summed E-state index contributed by atoms with van der Waals surface area (Å²) >= 11 is 5.82. The molecule has 5 nitrogen and oxygen atoms in total. The van der Waals surface area contributed by atoms with Crippen molar-refractivity contribution in [2.24, 2.45) is 5.14 Å². The third-order valence-corrected chi connectivity index (χ3v) is 4.07. The number of carbonyl (C=O) groups excluding carboxylic acids is 1. The number of carbonyl (C=O) groups is 1. The molecule has 0 aromatic heterocycles. The zero-order valence-corrected chi connectivity index (χ0v) is 12.7. The van der Waals surface area contributed by atoms with E-state index in [1.54, 1.807) is 0 Å². The fraction of sp³-hybridized carbons (Fsp3) is 0.0714. The highest BCUT2D eigenvalue weighted by Crippen LogP contribution is 2.19. The molecule has 0 radical (unpaired) electrons. The average Bonchev–Trinajstić information content (AvgIpc) is 2.45. The highest BCUT2D eigenvalue weighted by molar-refractivity contribution is 7.89. The van der Waals surface area contributed by atoms with Crippen molar-refractivity contribution in [1.29, 1.82) is 0 Å². The lowest BCUT2D eigenvalue weighted by Crippen LogP contribution is -2.12. The van der Waals surface area contributed by atoms with Crippen LogP contribution >= 0.6 is 11.6 Å². The maximum Gasteiger partial charge on any atom is 0.338 e. The van der Waals surface area contributed by atoms with Gasteiger partial charge in [-0.05, 0) is 36.4 Å². The van der Waals surface area contributed by atoms with Gasteiger partial charge < -0.3 is 4.74 Å². The number of rotatable bonds is 4. The van der Waals surface area contributed by atoms with E-state index < -0.39 is 21.8 Å². The largest absolute Gasteiger partial charge is 0.457 e. The maximum atomic E-state index is 12.9. The fourth-order valence-electron chi connectivity index (χ4n) is 1.65. The molecule has 0 fully saturated rings. The number of primary sulfonamides is 1. The van der Waals surface area contributed by atoms with Gasteiger partial charge in [0.15, 0.2) is 0 Å². The summed E-state index contributed by atoms with van der Waals surface area (Å²) in [5.41, 5.74) is 0.614. The lowest BCUT2D eigenvalue weighted by molar-refractivity contribution is 0.0472. The maximum absolute atomic E-state index is 12.9. The van der Waals surface area contributed by atoms with Gasteiger partial charge in [0.1, 0.15) is 12.4 Å². The normalized spacial score (nSPS) is 11.2. The molecular formula is C14H11ClFNO4S. The highest BCUT2D eigenvalue weighted by atomic mass is 35.5. The van der Waals surface area contributed by atoms with E-state index in [0.717, 1.165) is 6.07 Å². The SMILES string of the molecule is NS(=O)(=O)c1ccc(C(=O)OCc2ccc(F)cc2Cl)cc1. The molecule has 2 N–H and O–H groups in total. The van der Waals surface area contributed by atoms with E-state index in [4.69, 9.17) is 21.5 Å². The number of nitrogens with two attached hydrogens (primary N) is 1. The van der Waals surface area contributed by atoms with Crippen molar-refractivity contribution in [3.8, 4) is 0 Å². The van der Waals surface area contributed by atoms with Crippen molar-refractivity contribution in [3.05, 3.63) is 64.4 Å². The molecule has 0 atom stereocenters. The predicted molar refractivity (Wildman–Crippen MR) is 78.3 cm³/mol. The Hall–Kier alpha value is -1.96. The summed E-state index contributed by atoms with van der Waals surface area (Å²) in [6.45, 7) is -0.130. The average molecular weight is 344 g/mol. The molecule has 0 amide bonds. The van der Waals surface area contributed by atoms with Crippen molar-refractivity contribution >= 4 is 27.6 Å². The van der Waals surface area contributed by atoms with Crippen LogP contribution in [-0.4, -0.2) is 14.4 Å². The number of hydrogen-bond acceptors (Lipinski definition) is 4. The standard InChI is InChI=1S/C14H11ClFNO4S/c15-13-7-11(16)4-1-10(13)8-21-14(18)9-2-5-12(6-3-9)22(17,19)20/h1-7H,8H2,(H2,17,19,20). The summed E-state index contributed by atoms with van der Waals surface area (Å²) in [5, 5.41) is 5.11. The Bertz CT molecular complexity index is 806. The Kier molecular flexibility index (Phi) is 4.80. The Morgan fingerprint density at radius 1 is 1.18 bits per heavy atom. The van der Waals surface area contributed by atoms with Gasteiger partial charge in [-0.15, -0.1) is 0 Å². The van der Waals surface area contributed by atoms with Crippen LogP contribution in [0.3, 0.4) is 0 Å². The van der Waals surface area contributed by atoms with Crippen molar-refractivity contribution in [3.63, 3.8) is 0 Å². The second-order valence-corrected chi connectivity index (χ2v) is 6.35. The lowest BCUT2D eigenvalue weighted by atomic mass is 10.2. The minimum atomic E-state index is -3.82. The van der Waals surface area contributed by atoms with Gasteiger partial charge in [0.05, 0.1) is 15.5 Å². The number of benzene rings is 2. The molecule has 0 aliphatic rings. The first-order chi connectivity index (χ1) is 10.3. The zero-order chi connectivity index (χ0) is 16.3. The molecule has 0 heterocycles. The molecule has 0 unspecified atom stereocenters. The van der Waals surface area contributed by atoms with Gasteiger partial charge >= 0.3 is 5.97 Å². The second kappa shape index (κ2) is 6.43. The number of ether oxygens (including phenoxy) is 1. The highest BCUT2D eigenvalue weighted by Gasteiger charge is 2.12. The summed E-state index contributed by atoms with van der Waals surface area (Å²) in [6.07, 6.45) is 0. The van der Waals surface area contributed by atoms with Gasteiger partial charge in [0.2, 0.25) is 10.0 Å². The molecule has 0 saturated carbocycles. The number of esters is 1. The summed E-state index contributed by atoms with van der Waals surface area (Å²) in [4.78, 5) is 11.7. The van der Waals surface area contributed by atoms with Gasteiger partial charge in [0, 0.05) is 5.56 Å². The topological polar surface area (TPSA) is 86.5 Å². The van der Waals surface area contributed by atoms with Gasteiger partial charge in [-0.25, -0.2) is 22.7 Å². The van der Waals surface area contributed by atoms with Crippen LogP contribution < -0.4 is 5.14 Å². The van der Waals surface area contributed by atoms with Crippen molar-refractivity contribution in [2.75, 3.05) is 0 Å². The Labute approximate surface area is 131 Å². The van der Waals surface area contributed by atoms with Crippen molar-refractivity contribution in [2.45, 2.75) is 11.5 Å². The van der Waals surface area contributed by atoms with E-state index in [1.165, 1.54) is 36.4 Å². The number of sulfonamides is 1. The predicted octanol–water partition coefficient (Wildman–Crippen LogP) is 2.48. The van der Waals surface area contributed by atoms with Crippen LogP contribution in [0, 0.1) is 5.82 Å². The first kappa shape index (κ1) is 16.4. The molecule has 0 aliphatic carbocycles. The lowest BCUT2D eigenvalue weighted by Gasteiger charge is -2.07. The van der Waals surface area contributed by atoms with Crippen molar-refractivity contribution < 1.29 is 22.3 Å². The van der Waals surface area contributed by atoms with Crippen LogP contribution in [0.15, 0.2) is 47.4 Å². The van der Waals surface area contributed by atoms with Crippen LogP contribution in [0.25, 0.3) is 0 Å². The summed E-state index contributed by atoms with van der Waals surface area (Å²) in [7, 11) is -3.82. The zero-order valence-electron chi connectivity index (χ0n) is 11.1. The smallest absolute Gasteiger partial charge is 0.338 e. The number of hydrogen-bond donors (Lipinski definition) is 1. The minimum absolute atomic E-state index is 0.106. The summed E-state index contributed by atoms with van der Waals surface area (Å²) in [5.74, 6) is -1.15. The van der Waals surface area contributed by atoms with Crippen LogP contribution in [-0.2, 0) is 21.4 Å². The third-order valence-electron chi connectivity index (χ3n) is 2.79. The van der Waals surface area contributed by atoms with E-state index in [2.05, 4.69) is 0 Å². The first-order valence-corrected chi connectivity index (χ1v) is 7.94. The van der Waals surface area contributed by atoms with Crippen molar-refractivity contribution in [1.82, 2.24) is 0 Å². The quantitative estimate of drug-likeness (QED) is 0.864. The van der Waals surface area contributed by atoms with Gasteiger partial charge in [-0.3, -0.25) is 0 Å². The molecule has 2 aromatic carbocycles. The number of halogens is 2. The molecule has 2 rings (SSSR count). The van der Waals surface area contributed by atoms with Crippen LogP contribution in [0.5, 0.6) is 0 Å². The molecule has 22 heavy (non-hydrogen) atoms. The van der Waals surface area contributed by atoms with E-state index in [1.807, 2.05) is 0 Å². The van der Waals surface area contributed by atoms with Crippen LogP contribution in [0.2, 0.25) is 5.02 Å². The molecule has 0 aliphatic heterocycles. The van der Waals surface area contributed by atoms with Gasteiger partial charge in [-0.1, -0.05) is 17.7 Å². The Morgan fingerprint density at radius 3 is 2.36 bits per heavy atom. The van der Waals surface area contributed by atoms with Gasteiger partial charge in [0.25, 0.3) is 0 Å². The summed E-state index contributed by atoms with van der Waals surface area (Å²) in [6, 6.07) is 8.72. The van der Waals surface area contributed by atoms with E-state index >= 15 is 0 Å². The van der Waals surface area contributed by atoms with Crippen LogP contribution in [0.4, 0.5) is 4.39 Å². The Balaban J connectivity index is 2.06. The molecule has 0 spiro atoms. The second-order valence-electron chi connectivity index (χ2n) is 4.38. The molecular weight excluding hydrogens is 333 g/mol. The van der Waals surface area contributed by atoms with E-state index in [-0.39, 0.29) is 22.1 Å². The van der Waals surface area contributed by atoms with Crippen LogP contribution in [0.1, 0.15) is 15.9 Å². The van der Waals surface area contributed by atoms with E-state index in [9.17, 15) is 17.6 Å². The molecule has 2 aromatic rings. The molecule has 116 valence electrons. The van der Waals surface area contributed by atoms with E-state index in [0.29, 0.717) is 5.56 Å². The summed E-state index contributed by atoms with van der Waals surface area (Å²) < 4.78 is 40.1.